The van der Waals surface area contributed by atoms with Crippen LogP contribution in [0.2, 0.25) is 0 Å². The van der Waals surface area contributed by atoms with E-state index in [2.05, 4.69) is 25.6 Å². The van der Waals surface area contributed by atoms with Crippen LogP contribution in [0, 0.1) is 0 Å². The van der Waals surface area contributed by atoms with E-state index in [4.69, 9.17) is 0 Å². The maximum Gasteiger partial charge on any atom is 0.241 e. The largest absolute Gasteiger partial charge is 0.305 e. The lowest BCUT2D eigenvalue weighted by Gasteiger charge is -2.15. The van der Waals surface area contributed by atoms with Gasteiger partial charge in [0.25, 0.3) is 0 Å². The van der Waals surface area contributed by atoms with Crippen LogP contribution in [0.4, 0.5) is 0 Å². The second-order valence-electron chi connectivity index (χ2n) is 5.26. The maximum atomic E-state index is 12.4. The summed E-state index contributed by atoms with van der Waals surface area (Å²) in [5.74, 6) is 0. The second kappa shape index (κ2) is 7.37. The van der Waals surface area contributed by atoms with E-state index < -0.39 is 10.0 Å². The number of nitrogens with one attached hydrogen (secondary N) is 1. The molecule has 0 bridgehead atoms. The Morgan fingerprint density at radius 1 is 1.00 bits per heavy atom. The van der Waals surface area contributed by atoms with E-state index in [1.54, 1.807) is 24.3 Å². The van der Waals surface area contributed by atoms with E-state index in [1.807, 2.05) is 38.4 Å². The third-order valence-corrected chi connectivity index (χ3v) is 5.60. The standard InChI is InChI=1S/C16H19BrN2O2S/c1-19(2)12-14-8-4-3-7-13(14)11-18-22(20,21)16-10-6-5-9-15(16)17/h3-10,18H,11-12H2,1-2H3. The molecule has 2 aromatic rings. The van der Waals surface area contributed by atoms with Crippen molar-refractivity contribution in [1.82, 2.24) is 9.62 Å². The topological polar surface area (TPSA) is 49.4 Å². The van der Waals surface area contributed by atoms with Gasteiger partial charge in [0.15, 0.2) is 0 Å². The Labute approximate surface area is 140 Å². The summed E-state index contributed by atoms with van der Waals surface area (Å²) >= 11 is 3.28. The number of sulfonamides is 1. The summed E-state index contributed by atoms with van der Waals surface area (Å²) in [7, 11) is 0.431. The molecule has 118 valence electrons. The Kier molecular flexibility index (Phi) is 5.74. The van der Waals surface area contributed by atoms with Crippen LogP contribution in [-0.4, -0.2) is 27.4 Å². The summed E-state index contributed by atoms with van der Waals surface area (Å²) in [6.45, 7) is 1.04. The summed E-state index contributed by atoms with van der Waals surface area (Å²) in [6.07, 6.45) is 0. The van der Waals surface area contributed by atoms with Gasteiger partial charge < -0.3 is 4.90 Å². The van der Waals surface area contributed by atoms with Crippen LogP contribution in [0.1, 0.15) is 11.1 Å². The maximum absolute atomic E-state index is 12.4. The zero-order valence-corrected chi connectivity index (χ0v) is 15.0. The monoisotopic (exact) mass is 382 g/mol. The molecular formula is C16H19BrN2O2S. The van der Waals surface area contributed by atoms with Gasteiger partial charge in [-0.3, -0.25) is 0 Å². The highest BCUT2D eigenvalue weighted by molar-refractivity contribution is 9.10. The van der Waals surface area contributed by atoms with Gasteiger partial charge in [0.1, 0.15) is 0 Å². The molecular weight excluding hydrogens is 364 g/mol. The van der Waals surface area contributed by atoms with Crippen molar-refractivity contribution in [1.29, 1.82) is 0 Å². The molecule has 6 heteroatoms. The van der Waals surface area contributed by atoms with Crippen LogP contribution < -0.4 is 4.72 Å². The minimum Gasteiger partial charge on any atom is -0.305 e. The van der Waals surface area contributed by atoms with E-state index in [0.717, 1.165) is 17.7 Å². The molecule has 1 N–H and O–H groups in total. The number of hydrogen-bond acceptors (Lipinski definition) is 3. The molecule has 0 saturated carbocycles. The Balaban J connectivity index is 2.18. The van der Waals surface area contributed by atoms with Crippen molar-refractivity contribution in [2.24, 2.45) is 0 Å². The van der Waals surface area contributed by atoms with Crippen LogP contribution in [0.5, 0.6) is 0 Å². The molecule has 0 fully saturated rings. The normalized spacial score (nSPS) is 11.8. The van der Waals surface area contributed by atoms with Crippen molar-refractivity contribution < 1.29 is 8.42 Å². The number of hydrogen-bond donors (Lipinski definition) is 1. The van der Waals surface area contributed by atoms with Crippen LogP contribution in [0.25, 0.3) is 0 Å². The zero-order chi connectivity index (χ0) is 16.2. The van der Waals surface area contributed by atoms with E-state index >= 15 is 0 Å². The summed E-state index contributed by atoms with van der Waals surface area (Å²) in [4.78, 5) is 2.31. The minimum atomic E-state index is -3.54. The van der Waals surface area contributed by atoms with Crippen molar-refractivity contribution in [3.05, 3.63) is 64.1 Å². The molecule has 2 aromatic carbocycles. The van der Waals surface area contributed by atoms with Crippen molar-refractivity contribution in [3.63, 3.8) is 0 Å². The van der Waals surface area contributed by atoms with Gasteiger partial charge >= 0.3 is 0 Å². The van der Waals surface area contributed by atoms with Gasteiger partial charge in [-0.25, -0.2) is 13.1 Å². The SMILES string of the molecule is CN(C)Cc1ccccc1CNS(=O)(=O)c1ccccc1Br. The lowest BCUT2D eigenvalue weighted by Crippen LogP contribution is -2.24. The number of nitrogens with zero attached hydrogens (tertiary/aromatic N) is 1. The molecule has 0 saturated heterocycles. The highest BCUT2D eigenvalue weighted by Gasteiger charge is 2.17. The first-order chi connectivity index (χ1) is 10.4. The molecule has 0 aliphatic carbocycles. The fraction of sp³-hybridized carbons (Fsp3) is 0.250. The quantitative estimate of drug-likeness (QED) is 0.835. The van der Waals surface area contributed by atoms with Gasteiger partial charge in [0.2, 0.25) is 10.0 Å². The molecule has 0 spiro atoms. The molecule has 0 unspecified atom stereocenters. The zero-order valence-electron chi connectivity index (χ0n) is 12.6. The van der Waals surface area contributed by atoms with Crippen molar-refractivity contribution in [2.75, 3.05) is 14.1 Å². The molecule has 0 aromatic heterocycles. The fourth-order valence-electron chi connectivity index (χ4n) is 2.14. The lowest BCUT2D eigenvalue weighted by molar-refractivity contribution is 0.400. The van der Waals surface area contributed by atoms with E-state index in [0.29, 0.717) is 4.47 Å². The Hall–Kier alpha value is -1.21. The van der Waals surface area contributed by atoms with E-state index in [9.17, 15) is 8.42 Å². The van der Waals surface area contributed by atoms with Crippen molar-refractivity contribution in [2.45, 2.75) is 18.0 Å². The molecule has 22 heavy (non-hydrogen) atoms. The minimum absolute atomic E-state index is 0.250. The van der Waals surface area contributed by atoms with Gasteiger partial charge in [-0.05, 0) is 53.3 Å². The number of rotatable bonds is 6. The third kappa shape index (κ3) is 4.39. The number of benzene rings is 2. The first-order valence-corrected chi connectivity index (χ1v) is 9.13. The molecule has 0 aliphatic rings. The first kappa shape index (κ1) is 17.1. The summed E-state index contributed by atoms with van der Waals surface area (Å²) in [6, 6.07) is 14.6. The smallest absolute Gasteiger partial charge is 0.241 e. The summed E-state index contributed by atoms with van der Waals surface area (Å²) < 4.78 is 28.0. The van der Waals surface area contributed by atoms with Gasteiger partial charge in [0, 0.05) is 17.6 Å². The Bertz CT molecular complexity index is 745. The van der Waals surface area contributed by atoms with E-state index in [1.165, 1.54) is 0 Å². The highest BCUT2D eigenvalue weighted by atomic mass is 79.9. The van der Waals surface area contributed by atoms with Crippen molar-refractivity contribution in [3.8, 4) is 0 Å². The lowest BCUT2D eigenvalue weighted by atomic mass is 10.1. The van der Waals surface area contributed by atoms with Crippen LogP contribution in [0.3, 0.4) is 0 Å². The molecule has 0 amide bonds. The summed E-state index contributed by atoms with van der Waals surface area (Å²) in [5.41, 5.74) is 2.09. The first-order valence-electron chi connectivity index (χ1n) is 6.86. The van der Waals surface area contributed by atoms with Gasteiger partial charge in [-0.15, -0.1) is 0 Å². The Morgan fingerprint density at radius 2 is 1.59 bits per heavy atom. The predicted molar refractivity (Wildman–Crippen MR) is 92.0 cm³/mol. The molecule has 0 aliphatic heterocycles. The van der Waals surface area contributed by atoms with Crippen LogP contribution in [0.15, 0.2) is 57.9 Å². The molecule has 4 nitrogen and oxygen atoms in total. The molecule has 2 rings (SSSR count). The van der Waals surface area contributed by atoms with Crippen molar-refractivity contribution >= 4 is 26.0 Å². The second-order valence-corrected chi connectivity index (χ2v) is 7.85. The van der Waals surface area contributed by atoms with Gasteiger partial charge in [-0.1, -0.05) is 36.4 Å². The molecule has 0 atom stereocenters. The third-order valence-electron chi connectivity index (χ3n) is 3.18. The fourth-order valence-corrected chi connectivity index (χ4v) is 4.15. The van der Waals surface area contributed by atoms with Crippen LogP contribution in [-0.2, 0) is 23.1 Å². The summed E-state index contributed by atoms with van der Waals surface area (Å²) in [5, 5.41) is 0. The average Bonchev–Trinajstić information content (AvgIpc) is 2.46. The molecule has 0 radical (unpaired) electrons. The van der Waals surface area contributed by atoms with Gasteiger partial charge in [-0.2, -0.15) is 0 Å². The average molecular weight is 383 g/mol. The van der Waals surface area contributed by atoms with Crippen LogP contribution >= 0.6 is 15.9 Å². The predicted octanol–water partition coefficient (Wildman–Crippen LogP) is 2.99. The van der Waals surface area contributed by atoms with E-state index in [-0.39, 0.29) is 11.4 Å². The Morgan fingerprint density at radius 3 is 2.23 bits per heavy atom. The number of halogens is 1. The van der Waals surface area contributed by atoms with Gasteiger partial charge in [0.05, 0.1) is 4.90 Å². The molecule has 0 heterocycles. The highest BCUT2D eigenvalue weighted by Crippen LogP contribution is 2.21.